The largest absolute Gasteiger partial charge is 0.545 e. The molecule has 0 amide bonds. The molecule has 5 heteroatoms. The van der Waals surface area contributed by atoms with E-state index in [1.54, 1.807) is 13.2 Å². The molecule has 27 heavy (non-hydrogen) atoms. The first-order valence-electron chi connectivity index (χ1n) is 9.34. The third kappa shape index (κ3) is 3.43. The molecule has 1 N–H and O–H groups in total. The summed E-state index contributed by atoms with van der Waals surface area (Å²) in [7, 11) is 1.61. The van der Waals surface area contributed by atoms with Crippen LogP contribution in [0.3, 0.4) is 0 Å². The Bertz CT molecular complexity index is 891. The minimum absolute atomic E-state index is 0.525. The van der Waals surface area contributed by atoms with Crippen LogP contribution in [0.5, 0.6) is 5.75 Å². The number of nitrogens with one attached hydrogen (secondary N) is 1. The lowest BCUT2D eigenvalue weighted by Crippen LogP contribution is -2.33. The molecule has 4 rings (SSSR count). The van der Waals surface area contributed by atoms with Gasteiger partial charge in [-0.15, -0.1) is 0 Å². The zero-order valence-corrected chi connectivity index (χ0v) is 15.4. The highest BCUT2D eigenvalue weighted by Crippen LogP contribution is 2.43. The summed E-state index contributed by atoms with van der Waals surface area (Å²) in [5, 5.41) is 14.4. The minimum atomic E-state index is -1.21. The second kappa shape index (κ2) is 7.45. The maximum atomic E-state index is 10.9. The molecule has 1 unspecified atom stereocenters. The van der Waals surface area contributed by atoms with E-state index in [1.165, 1.54) is 11.3 Å². The van der Waals surface area contributed by atoms with Gasteiger partial charge in [-0.05, 0) is 54.3 Å². The molecule has 2 aromatic rings. The smallest absolute Gasteiger partial charge is 0.119 e. The van der Waals surface area contributed by atoms with Gasteiger partial charge < -0.3 is 24.9 Å². The van der Waals surface area contributed by atoms with E-state index in [9.17, 15) is 9.90 Å². The third-order valence-electron chi connectivity index (χ3n) is 5.43. The summed E-state index contributed by atoms with van der Waals surface area (Å²) in [5.74, 6) is -0.512. The molecule has 2 heterocycles. The predicted octanol–water partition coefficient (Wildman–Crippen LogP) is 1.85. The van der Waals surface area contributed by atoms with E-state index in [0.717, 1.165) is 55.2 Å². The van der Waals surface area contributed by atoms with Crippen molar-refractivity contribution in [1.82, 2.24) is 5.32 Å². The summed E-state index contributed by atoms with van der Waals surface area (Å²) in [6.45, 7) is 3.01. The fraction of sp³-hybridized carbons (Fsp3) is 0.318. The van der Waals surface area contributed by atoms with Crippen LogP contribution in [0.15, 0.2) is 42.5 Å². The zero-order valence-electron chi connectivity index (χ0n) is 15.4. The van der Waals surface area contributed by atoms with Crippen LogP contribution in [0.2, 0.25) is 0 Å². The van der Waals surface area contributed by atoms with Crippen molar-refractivity contribution < 1.29 is 14.6 Å². The standard InChI is InChI=1S/C22H24N2O3/c1-27-18-6-7-19(15(14-18)5-8-21(25)26)20-4-2-3-16-13-17-9-10-23-11-12-24(17)22(16)20/h2-8,14,17,23H,9-13H2,1H3,(H,25,26)/p-1/b8-5+. The molecule has 0 bridgehead atoms. The molecule has 0 radical (unpaired) electrons. The number of nitrogens with zero attached hydrogens (tertiary/aromatic N) is 1. The normalized spacial score (nSPS) is 18.9. The number of hydrogen-bond donors (Lipinski definition) is 1. The Kier molecular flexibility index (Phi) is 4.86. The Labute approximate surface area is 159 Å². The Morgan fingerprint density at radius 3 is 2.96 bits per heavy atom. The summed E-state index contributed by atoms with van der Waals surface area (Å²) >= 11 is 0. The number of carbonyl (C=O) groups excluding carboxylic acids is 1. The minimum Gasteiger partial charge on any atom is -0.545 e. The van der Waals surface area contributed by atoms with Gasteiger partial charge in [0.25, 0.3) is 0 Å². The molecular formula is C22H23N2O3-. The van der Waals surface area contributed by atoms with Gasteiger partial charge in [-0.2, -0.15) is 0 Å². The van der Waals surface area contributed by atoms with Gasteiger partial charge in [-0.25, -0.2) is 0 Å². The van der Waals surface area contributed by atoms with Crippen LogP contribution in [0.1, 0.15) is 17.5 Å². The molecule has 5 nitrogen and oxygen atoms in total. The van der Waals surface area contributed by atoms with E-state index in [4.69, 9.17) is 4.74 Å². The van der Waals surface area contributed by atoms with Crippen LogP contribution in [0, 0.1) is 0 Å². The number of para-hydroxylation sites is 1. The van der Waals surface area contributed by atoms with Gasteiger partial charge in [0.2, 0.25) is 0 Å². The van der Waals surface area contributed by atoms with Gasteiger partial charge in [0.05, 0.1) is 13.1 Å². The fourth-order valence-corrected chi connectivity index (χ4v) is 4.21. The number of carbonyl (C=O) groups is 1. The highest BCUT2D eigenvalue weighted by Gasteiger charge is 2.32. The molecular weight excluding hydrogens is 340 g/mol. The molecule has 1 atom stereocenters. The van der Waals surface area contributed by atoms with Gasteiger partial charge in [0, 0.05) is 30.4 Å². The van der Waals surface area contributed by atoms with Crippen molar-refractivity contribution >= 4 is 17.7 Å². The van der Waals surface area contributed by atoms with Gasteiger partial charge in [0.1, 0.15) is 5.75 Å². The van der Waals surface area contributed by atoms with Crippen molar-refractivity contribution in [3.8, 4) is 16.9 Å². The molecule has 2 aliphatic heterocycles. The third-order valence-corrected chi connectivity index (χ3v) is 5.43. The molecule has 0 saturated carbocycles. The summed E-state index contributed by atoms with van der Waals surface area (Å²) in [4.78, 5) is 13.5. The SMILES string of the molecule is COc1ccc(-c2cccc3c2N2CCNCCC2C3)c(/C=C/C(=O)[O-])c1. The number of methoxy groups -OCH3 is 1. The van der Waals surface area contributed by atoms with E-state index in [1.807, 2.05) is 18.2 Å². The van der Waals surface area contributed by atoms with E-state index < -0.39 is 5.97 Å². The summed E-state index contributed by atoms with van der Waals surface area (Å²) < 4.78 is 5.33. The first-order chi connectivity index (χ1) is 13.2. The second-order valence-electron chi connectivity index (χ2n) is 7.01. The van der Waals surface area contributed by atoms with E-state index in [-0.39, 0.29) is 0 Å². The van der Waals surface area contributed by atoms with E-state index in [0.29, 0.717) is 11.8 Å². The molecule has 2 aliphatic rings. The molecule has 2 aromatic carbocycles. The monoisotopic (exact) mass is 363 g/mol. The average Bonchev–Trinajstić information content (AvgIpc) is 2.87. The van der Waals surface area contributed by atoms with Gasteiger partial charge >= 0.3 is 0 Å². The summed E-state index contributed by atoms with van der Waals surface area (Å²) in [5.41, 5.74) is 5.59. The molecule has 1 saturated heterocycles. The zero-order chi connectivity index (χ0) is 18.8. The number of fused-ring (bicyclic) bond motifs is 3. The lowest BCUT2D eigenvalue weighted by atomic mass is 9.95. The predicted molar refractivity (Wildman–Crippen MR) is 105 cm³/mol. The number of aliphatic carboxylic acids is 1. The summed E-state index contributed by atoms with van der Waals surface area (Å²) in [6.07, 6.45) is 4.85. The van der Waals surface area contributed by atoms with Crippen LogP contribution < -0.4 is 20.1 Å². The van der Waals surface area contributed by atoms with Crippen molar-refractivity contribution in [2.45, 2.75) is 18.9 Å². The quantitative estimate of drug-likeness (QED) is 0.840. The van der Waals surface area contributed by atoms with E-state index in [2.05, 4.69) is 28.4 Å². The van der Waals surface area contributed by atoms with Crippen LogP contribution in [-0.2, 0) is 11.2 Å². The number of rotatable bonds is 4. The Morgan fingerprint density at radius 2 is 2.15 bits per heavy atom. The highest BCUT2D eigenvalue weighted by molar-refractivity contribution is 5.91. The number of ether oxygens (including phenoxy) is 1. The summed E-state index contributed by atoms with van der Waals surface area (Å²) in [6, 6.07) is 12.7. The number of hydrogen-bond acceptors (Lipinski definition) is 5. The molecule has 0 aliphatic carbocycles. The average molecular weight is 363 g/mol. The lowest BCUT2D eigenvalue weighted by Gasteiger charge is -2.27. The number of carboxylic acids is 1. The topological polar surface area (TPSA) is 64.6 Å². The molecule has 140 valence electrons. The Balaban J connectivity index is 1.84. The van der Waals surface area contributed by atoms with Crippen molar-refractivity contribution in [2.75, 3.05) is 31.6 Å². The van der Waals surface area contributed by atoms with Crippen LogP contribution in [0.25, 0.3) is 17.2 Å². The number of benzene rings is 2. The van der Waals surface area contributed by atoms with Crippen molar-refractivity contribution in [3.63, 3.8) is 0 Å². The Morgan fingerprint density at radius 1 is 1.26 bits per heavy atom. The van der Waals surface area contributed by atoms with Crippen LogP contribution in [-0.4, -0.2) is 38.8 Å². The van der Waals surface area contributed by atoms with Crippen LogP contribution >= 0.6 is 0 Å². The lowest BCUT2D eigenvalue weighted by molar-refractivity contribution is -0.297. The Hall–Kier alpha value is -2.79. The maximum Gasteiger partial charge on any atom is 0.119 e. The molecule has 0 spiro atoms. The van der Waals surface area contributed by atoms with E-state index >= 15 is 0 Å². The number of carboxylic acid groups (broad SMARTS) is 1. The van der Waals surface area contributed by atoms with Crippen molar-refractivity contribution in [3.05, 3.63) is 53.6 Å². The molecule has 0 aromatic heterocycles. The van der Waals surface area contributed by atoms with Gasteiger partial charge in [-0.3, -0.25) is 0 Å². The van der Waals surface area contributed by atoms with Crippen molar-refractivity contribution in [1.29, 1.82) is 0 Å². The molecule has 1 fully saturated rings. The maximum absolute atomic E-state index is 10.9. The number of anilines is 1. The van der Waals surface area contributed by atoms with Crippen molar-refractivity contribution in [2.24, 2.45) is 0 Å². The second-order valence-corrected chi connectivity index (χ2v) is 7.01. The first-order valence-corrected chi connectivity index (χ1v) is 9.34. The first kappa shape index (κ1) is 17.6. The highest BCUT2D eigenvalue weighted by atomic mass is 16.5. The van der Waals surface area contributed by atoms with Gasteiger partial charge in [0.15, 0.2) is 0 Å². The van der Waals surface area contributed by atoms with Crippen LogP contribution in [0.4, 0.5) is 5.69 Å². The fourth-order valence-electron chi connectivity index (χ4n) is 4.21. The van der Waals surface area contributed by atoms with Gasteiger partial charge in [-0.1, -0.05) is 30.3 Å².